The lowest BCUT2D eigenvalue weighted by Crippen LogP contribution is -2.01. The number of benzene rings is 1. The van der Waals surface area contributed by atoms with Gasteiger partial charge >= 0.3 is 0 Å². The predicted molar refractivity (Wildman–Crippen MR) is 63.3 cm³/mol. The molecule has 0 aliphatic rings. The van der Waals surface area contributed by atoms with Crippen molar-refractivity contribution in [1.82, 2.24) is 0 Å². The second-order valence-electron chi connectivity index (χ2n) is 3.11. The van der Waals surface area contributed by atoms with E-state index in [1.807, 2.05) is 26.0 Å². The molecule has 0 N–H and O–H groups in total. The smallest absolute Gasteiger partial charge is 0.172 e. The van der Waals surface area contributed by atoms with Crippen molar-refractivity contribution < 1.29 is 14.3 Å². The van der Waals surface area contributed by atoms with Gasteiger partial charge < -0.3 is 9.47 Å². The largest absolute Gasteiger partial charge is 0.490 e. The van der Waals surface area contributed by atoms with Crippen LogP contribution < -0.4 is 9.47 Å². The summed E-state index contributed by atoms with van der Waals surface area (Å²) in [4.78, 5) is 10.9. The summed E-state index contributed by atoms with van der Waals surface area (Å²) in [5.41, 5.74) is 0.510. The van der Waals surface area contributed by atoms with Gasteiger partial charge in [-0.05, 0) is 26.0 Å². The molecule has 1 aromatic rings. The van der Waals surface area contributed by atoms with Crippen molar-refractivity contribution in [3.05, 3.63) is 35.9 Å². The van der Waals surface area contributed by atoms with Gasteiger partial charge in [0.15, 0.2) is 17.8 Å². The fourth-order valence-electron chi connectivity index (χ4n) is 1.28. The van der Waals surface area contributed by atoms with Crippen LogP contribution in [0.1, 0.15) is 24.2 Å². The minimum absolute atomic E-state index is 0.432. The van der Waals surface area contributed by atoms with Crippen LogP contribution in [-0.4, -0.2) is 19.5 Å². The molecule has 0 saturated carbocycles. The molecular formula is C13H16O3. The van der Waals surface area contributed by atoms with Crippen LogP contribution in [-0.2, 0) is 0 Å². The minimum atomic E-state index is 0.432. The highest BCUT2D eigenvalue weighted by atomic mass is 16.5. The van der Waals surface area contributed by atoms with Crippen molar-refractivity contribution in [3.63, 3.8) is 0 Å². The Morgan fingerprint density at radius 1 is 1.31 bits per heavy atom. The number of para-hydroxylation sites is 1. The van der Waals surface area contributed by atoms with E-state index in [2.05, 4.69) is 0 Å². The summed E-state index contributed by atoms with van der Waals surface area (Å²) in [6.45, 7) is 4.78. The van der Waals surface area contributed by atoms with Gasteiger partial charge in [0, 0.05) is 0 Å². The molecule has 0 aliphatic heterocycles. The molecular weight excluding hydrogens is 204 g/mol. The minimum Gasteiger partial charge on any atom is -0.490 e. The maximum absolute atomic E-state index is 10.9. The molecule has 16 heavy (non-hydrogen) atoms. The molecule has 1 rings (SSSR count). The van der Waals surface area contributed by atoms with Crippen LogP contribution in [0, 0.1) is 0 Å². The summed E-state index contributed by atoms with van der Waals surface area (Å²) < 4.78 is 10.9. The second-order valence-corrected chi connectivity index (χ2v) is 3.11. The van der Waals surface area contributed by atoms with E-state index in [1.54, 1.807) is 18.2 Å². The lowest BCUT2D eigenvalue weighted by Gasteiger charge is -2.12. The summed E-state index contributed by atoms with van der Waals surface area (Å²) in [5.74, 6) is 1.12. The number of hydrogen-bond donors (Lipinski definition) is 0. The van der Waals surface area contributed by atoms with E-state index >= 15 is 0 Å². The summed E-state index contributed by atoms with van der Waals surface area (Å²) in [5, 5.41) is 0. The molecule has 0 saturated heterocycles. The summed E-state index contributed by atoms with van der Waals surface area (Å²) in [7, 11) is 0. The predicted octanol–water partition coefficient (Wildman–Crippen LogP) is 2.85. The number of ether oxygens (including phenoxy) is 2. The molecule has 0 heterocycles. The maximum Gasteiger partial charge on any atom is 0.172 e. The van der Waals surface area contributed by atoms with E-state index in [4.69, 9.17) is 9.47 Å². The molecule has 0 radical (unpaired) electrons. The van der Waals surface area contributed by atoms with E-state index < -0.39 is 0 Å². The average molecular weight is 220 g/mol. The van der Waals surface area contributed by atoms with Crippen LogP contribution in [0.15, 0.2) is 30.4 Å². The van der Waals surface area contributed by atoms with Gasteiger partial charge in [-0.15, -0.1) is 0 Å². The molecule has 0 aliphatic carbocycles. The molecule has 86 valence electrons. The highest BCUT2D eigenvalue weighted by Crippen LogP contribution is 2.30. The first kappa shape index (κ1) is 12.3. The maximum atomic E-state index is 10.9. The molecule has 0 amide bonds. The third-order valence-electron chi connectivity index (χ3n) is 2.00. The summed E-state index contributed by atoms with van der Waals surface area (Å²) in [6.07, 6.45) is 4.54. The number of hydrogen-bond acceptors (Lipinski definition) is 3. The average Bonchev–Trinajstić information content (AvgIpc) is 2.31. The first-order valence-electron chi connectivity index (χ1n) is 5.28. The Hall–Kier alpha value is -1.77. The zero-order chi connectivity index (χ0) is 11.8. The first-order chi connectivity index (χ1) is 7.83. The van der Waals surface area contributed by atoms with Crippen molar-refractivity contribution in [2.24, 2.45) is 0 Å². The Bertz CT molecular complexity index is 369. The van der Waals surface area contributed by atoms with Crippen LogP contribution >= 0.6 is 0 Å². The number of allylic oxidation sites excluding steroid dienone is 1. The van der Waals surface area contributed by atoms with Crippen LogP contribution in [0.5, 0.6) is 11.5 Å². The first-order valence-corrected chi connectivity index (χ1v) is 5.28. The normalized spacial score (nSPS) is 10.4. The van der Waals surface area contributed by atoms with Gasteiger partial charge in [-0.3, -0.25) is 4.79 Å². The second kappa shape index (κ2) is 6.67. The quantitative estimate of drug-likeness (QED) is 0.546. The molecule has 0 aromatic heterocycles. The van der Waals surface area contributed by atoms with E-state index in [-0.39, 0.29) is 0 Å². The number of rotatable bonds is 6. The number of carbonyl (C=O) groups excluding carboxylic acids is 1. The van der Waals surface area contributed by atoms with Gasteiger partial charge in [-0.2, -0.15) is 0 Å². The van der Waals surface area contributed by atoms with Crippen LogP contribution in [0.2, 0.25) is 0 Å². The van der Waals surface area contributed by atoms with Gasteiger partial charge in [0.1, 0.15) is 6.61 Å². The number of aldehydes is 1. The topological polar surface area (TPSA) is 35.5 Å². The summed E-state index contributed by atoms with van der Waals surface area (Å²) >= 11 is 0. The molecule has 3 heteroatoms. The lowest BCUT2D eigenvalue weighted by atomic mass is 10.2. The van der Waals surface area contributed by atoms with Crippen LogP contribution in [0.25, 0.3) is 0 Å². The third-order valence-corrected chi connectivity index (χ3v) is 2.00. The van der Waals surface area contributed by atoms with Gasteiger partial charge in [-0.25, -0.2) is 0 Å². The monoisotopic (exact) mass is 220 g/mol. The molecule has 1 aromatic carbocycles. The van der Waals surface area contributed by atoms with E-state index in [9.17, 15) is 4.79 Å². The molecule has 3 nitrogen and oxygen atoms in total. The Morgan fingerprint density at radius 2 is 2.12 bits per heavy atom. The van der Waals surface area contributed by atoms with Crippen LogP contribution in [0.4, 0.5) is 0 Å². The number of carbonyl (C=O) groups is 1. The fourth-order valence-corrected chi connectivity index (χ4v) is 1.28. The molecule has 0 fully saturated rings. The van der Waals surface area contributed by atoms with E-state index in [0.717, 1.165) is 6.29 Å². The lowest BCUT2D eigenvalue weighted by molar-refractivity contribution is 0.111. The van der Waals surface area contributed by atoms with Crippen molar-refractivity contribution in [3.8, 4) is 11.5 Å². The Kier molecular flexibility index (Phi) is 5.12. The highest BCUT2D eigenvalue weighted by molar-refractivity contribution is 5.81. The van der Waals surface area contributed by atoms with E-state index in [0.29, 0.717) is 30.3 Å². The highest BCUT2D eigenvalue weighted by Gasteiger charge is 2.09. The Morgan fingerprint density at radius 3 is 2.75 bits per heavy atom. The van der Waals surface area contributed by atoms with Crippen LogP contribution in [0.3, 0.4) is 0 Å². The van der Waals surface area contributed by atoms with Gasteiger partial charge in [0.2, 0.25) is 0 Å². The fraction of sp³-hybridized carbons (Fsp3) is 0.308. The molecule has 0 atom stereocenters. The van der Waals surface area contributed by atoms with Gasteiger partial charge in [-0.1, -0.05) is 18.2 Å². The summed E-state index contributed by atoms with van der Waals surface area (Å²) in [6, 6.07) is 5.28. The van der Waals surface area contributed by atoms with Crippen molar-refractivity contribution >= 4 is 6.29 Å². The van der Waals surface area contributed by atoms with Crippen molar-refractivity contribution in [2.75, 3.05) is 13.2 Å². The van der Waals surface area contributed by atoms with Crippen molar-refractivity contribution in [2.45, 2.75) is 13.8 Å². The van der Waals surface area contributed by atoms with Gasteiger partial charge in [0.25, 0.3) is 0 Å². The zero-order valence-corrected chi connectivity index (χ0v) is 9.60. The Balaban J connectivity index is 2.94. The SMILES string of the molecule is C/C=C/COc1c(C=O)cccc1OCC. The zero-order valence-electron chi connectivity index (χ0n) is 9.60. The van der Waals surface area contributed by atoms with Gasteiger partial charge in [0.05, 0.1) is 12.2 Å². The van der Waals surface area contributed by atoms with E-state index in [1.165, 1.54) is 0 Å². The van der Waals surface area contributed by atoms with Crippen molar-refractivity contribution in [1.29, 1.82) is 0 Å². The molecule has 0 bridgehead atoms. The standard InChI is InChI=1S/C13H16O3/c1-3-5-9-16-13-11(10-14)7-6-8-12(13)15-4-2/h3,5-8,10H,4,9H2,1-2H3/b5-3+. The Labute approximate surface area is 95.7 Å². The molecule has 0 unspecified atom stereocenters. The molecule has 0 spiro atoms. The third kappa shape index (κ3) is 3.12.